The van der Waals surface area contributed by atoms with Gasteiger partial charge in [0.05, 0.1) is 10.5 Å². The van der Waals surface area contributed by atoms with Gasteiger partial charge in [-0.05, 0) is 91.3 Å². The average molecular weight is 683 g/mol. The number of hydrogen-bond acceptors (Lipinski definition) is 7. The number of rotatable bonds is 12. The molecular formula is C37H42N6O5S. The molecule has 0 bridgehead atoms. The normalized spacial score (nSPS) is 11.8. The van der Waals surface area contributed by atoms with Crippen LogP contribution in [0.1, 0.15) is 59.3 Å². The summed E-state index contributed by atoms with van der Waals surface area (Å²) < 4.78 is 29.9. The molecule has 4 N–H and O–H groups in total. The molecule has 0 radical (unpaired) electrons. The van der Waals surface area contributed by atoms with Crippen LogP contribution in [-0.4, -0.2) is 53.1 Å². The summed E-state index contributed by atoms with van der Waals surface area (Å²) in [5, 5.41) is 15.4. The molecule has 256 valence electrons. The van der Waals surface area contributed by atoms with Gasteiger partial charge in [0.15, 0.2) is 5.65 Å². The van der Waals surface area contributed by atoms with Crippen LogP contribution in [0.3, 0.4) is 0 Å². The van der Waals surface area contributed by atoms with E-state index >= 15 is 0 Å². The Morgan fingerprint density at radius 1 is 0.898 bits per heavy atom. The van der Waals surface area contributed by atoms with Crippen LogP contribution in [0.5, 0.6) is 5.75 Å². The van der Waals surface area contributed by atoms with Gasteiger partial charge in [-0.3, -0.25) is 9.36 Å². The first-order valence-electron chi connectivity index (χ1n) is 16.2. The van der Waals surface area contributed by atoms with Gasteiger partial charge < -0.3 is 15.7 Å². The molecule has 0 atom stereocenters. The molecule has 0 saturated carbocycles. The molecule has 5 rings (SSSR count). The zero-order valence-corrected chi connectivity index (χ0v) is 29.2. The van der Waals surface area contributed by atoms with Crippen LogP contribution in [0, 0.1) is 19.3 Å². The number of para-hydroxylation sites is 1. The van der Waals surface area contributed by atoms with Gasteiger partial charge in [-0.15, -0.1) is 0 Å². The van der Waals surface area contributed by atoms with Crippen molar-refractivity contribution in [3.63, 3.8) is 0 Å². The number of carbonyl (C=O) groups excluding carboxylic acids is 2. The maximum absolute atomic E-state index is 12.9. The molecule has 0 aliphatic carbocycles. The quantitative estimate of drug-likeness (QED) is 0.135. The van der Waals surface area contributed by atoms with Crippen molar-refractivity contribution in [2.24, 2.45) is 5.41 Å². The maximum Gasteiger partial charge on any atom is 0.328 e. The van der Waals surface area contributed by atoms with E-state index in [9.17, 15) is 23.1 Å². The molecule has 5 aromatic rings. The fraction of sp³-hybridized carbons (Fsp3) is 0.297. The number of pyridine rings is 1. The summed E-state index contributed by atoms with van der Waals surface area (Å²) >= 11 is 0. The Morgan fingerprint density at radius 2 is 1.57 bits per heavy atom. The zero-order valence-electron chi connectivity index (χ0n) is 28.4. The van der Waals surface area contributed by atoms with E-state index < -0.39 is 16.1 Å². The summed E-state index contributed by atoms with van der Waals surface area (Å²) in [6, 6.07) is 21.8. The van der Waals surface area contributed by atoms with Crippen molar-refractivity contribution < 1.29 is 23.1 Å². The van der Waals surface area contributed by atoms with Crippen LogP contribution in [-0.2, 0) is 29.3 Å². The minimum absolute atomic E-state index is 0.0361. The van der Waals surface area contributed by atoms with Gasteiger partial charge >= 0.3 is 6.03 Å². The van der Waals surface area contributed by atoms with Crippen molar-refractivity contribution in [1.82, 2.24) is 29.9 Å². The number of aromatic hydroxyl groups is 1. The fourth-order valence-electron chi connectivity index (χ4n) is 5.75. The van der Waals surface area contributed by atoms with E-state index in [4.69, 9.17) is 9.97 Å². The first kappa shape index (κ1) is 35.1. The first-order valence-corrected chi connectivity index (χ1v) is 17.7. The summed E-state index contributed by atoms with van der Waals surface area (Å²) in [7, 11) is -4.09. The van der Waals surface area contributed by atoms with E-state index in [1.165, 1.54) is 18.2 Å². The second kappa shape index (κ2) is 14.5. The summed E-state index contributed by atoms with van der Waals surface area (Å²) in [4.78, 5) is 34.5. The van der Waals surface area contributed by atoms with E-state index in [0.717, 1.165) is 51.5 Å². The number of nitrogens with zero attached hydrogens (tertiary/aromatic N) is 3. The summed E-state index contributed by atoms with van der Waals surface area (Å²) in [6.45, 7) is 10.6. The van der Waals surface area contributed by atoms with Gasteiger partial charge in [0, 0.05) is 30.9 Å². The molecule has 2 aromatic heterocycles. The summed E-state index contributed by atoms with van der Waals surface area (Å²) in [5.41, 5.74) is 6.36. The Kier molecular flexibility index (Phi) is 10.4. The highest BCUT2D eigenvalue weighted by molar-refractivity contribution is 7.90. The number of urea groups is 1. The van der Waals surface area contributed by atoms with Crippen LogP contribution in [0.25, 0.3) is 16.9 Å². The van der Waals surface area contributed by atoms with Gasteiger partial charge in [0.25, 0.3) is 15.9 Å². The van der Waals surface area contributed by atoms with Crippen LogP contribution in [0.15, 0.2) is 83.8 Å². The third-order valence-corrected chi connectivity index (χ3v) is 9.58. The van der Waals surface area contributed by atoms with Crippen molar-refractivity contribution in [2.45, 2.75) is 58.8 Å². The number of nitrogens with one attached hydrogen (secondary N) is 3. The van der Waals surface area contributed by atoms with Crippen molar-refractivity contribution >= 4 is 33.1 Å². The lowest BCUT2D eigenvalue weighted by molar-refractivity contribution is 0.0933. The predicted octanol–water partition coefficient (Wildman–Crippen LogP) is 5.53. The molecule has 12 heteroatoms. The van der Waals surface area contributed by atoms with Crippen LogP contribution >= 0.6 is 0 Å². The van der Waals surface area contributed by atoms with Gasteiger partial charge in [-0.2, -0.15) is 0 Å². The standard InChI is InChI=1S/C37H42N6O5S/c1-6-32-41-33-24(2)21-25(3)40-34(33)43(32)28-15-11-26(12-16-28)19-20-38-36(46)42-49(47,48)29-17-13-27(14-18-29)22-37(4,5)23-39-35(45)30-9-7-8-10-31(30)44/h7-18,21,44H,6,19-20,22-23H2,1-5H3,(H,39,45)(H2,38,42,46). The molecule has 3 amide bonds. The number of amides is 3. The molecule has 2 heterocycles. The number of sulfonamides is 1. The van der Waals surface area contributed by atoms with Crippen molar-refractivity contribution in [2.75, 3.05) is 13.1 Å². The van der Waals surface area contributed by atoms with E-state index in [-0.39, 0.29) is 34.1 Å². The minimum atomic E-state index is -4.09. The molecule has 0 saturated heterocycles. The van der Waals surface area contributed by atoms with E-state index in [1.54, 1.807) is 30.3 Å². The first-order chi connectivity index (χ1) is 23.3. The van der Waals surface area contributed by atoms with Crippen LogP contribution < -0.4 is 15.4 Å². The van der Waals surface area contributed by atoms with E-state index in [1.807, 2.05) is 58.0 Å². The molecule has 0 aliphatic heterocycles. The van der Waals surface area contributed by atoms with Crippen molar-refractivity contribution in [3.05, 3.63) is 113 Å². The van der Waals surface area contributed by atoms with Crippen LogP contribution in [0.4, 0.5) is 4.79 Å². The predicted molar refractivity (Wildman–Crippen MR) is 190 cm³/mol. The molecule has 11 nitrogen and oxygen atoms in total. The van der Waals surface area contributed by atoms with Gasteiger partial charge in [-0.1, -0.05) is 57.2 Å². The number of phenolic OH excluding ortho intramolecular Hbond substituents is 1. The number of aryl methyl sites for hydroxylation is 3. The number of phenols is 1. The zero-order chi connectivity index (χ0) is 35.3. The smallest absolute Gasteiger partial charge is 0.328 e. The second-order valence-corrected chi connectivity index (χ2v) is 14.6. The van der Waals surface area contributed by atoms with E-state index in [0.29, 0.717) is 19.4 Å². The van der Waals surface area contributed by atoms with Gasteiger partial charge in [-0.25, -0.2) is 27.9 Å². The number of benzene rings is 3. The topological polar surface area (TPSA) is 155 Å². The third-order valence-electron chi connectivity index (χ3n) is 8.23. The number of fused-ring (bicyclic) bond motifs is 1. The SMILES string of the molecule is CCc1nc2c(C)cc(C)nc2n1-c1ccc(CCNC(=O)NS(=O)(=O)c2ccc(CC(C)(C)CNC(=O)c3ccccc3O)cc2)cc1. The highest BCUT2D eigenvalue weighted by atomic mass is 32.2. The Bertz CT molecular complexity index is 2090. The van der Waals surface area contributed by atoms with E-state index in [2.05, 4.69) is 26.8 Å². The molecule has 0 spiro atoms. The lowest BCUT2D eigenvalue weighted by atomic mass is 9.85. The molecule has 3 aromatic carbocycles. The summed E-state index contributed by atoms with van der Waals surface area (Å²) in [5.74, 6) is 0.466. The molecule has 49 heavy (non-hydrogen) atoms. The summed E-state index contributed by atoms with van der Waals surface area (Å²) in [6.07, 6.45) is 1.82. The lowest BCUT2D eigenvalue weighted by Crippen LogP contribution is -2.40. The number of aromatic nitrogens is 3. The lowest BCUT2D eigenvalue weighted by Gasteiger charge is -2.25. The Labute approximate surface area is 286 Å². The Balaban J connectivity index is 1.12. The molecule has 0 aliphatic rings. The van der Waals surface area contributed by atoms with Gasteiger partial charge in [0.2, 0.25) is 0 Å². The molecule has 0 unspecified atom stereocenters. The third kappa shape index (κ3) is 8.44. The fourth-order valence-corrected chi connectivity index (χ4v) is 6.67. The maximum atomic E-state index is 12.9. The highest BCUT2D eigenvalue weighted by Crippen LogP contribution is 2.25. The average Bonchev–Trinajstić information content (AvgIpc) is 3.43. The number of imidazole rings is 1. The number of hydrogen-bond donors (Lipinski definition) is 4. The van der Waals surface area contributed by atoms with Crippen molar-refractivity contribution in [3.8, 4) is 11.4 Å². The monoisotopic (exact) mass is 682 g/mol. The minimum Gasteiger partial charge on any atom is -0.507 e. The van der Waals surface area contributed by atoms with Gasteiger partial charge in [0.1, 0.15) is 17.1 Å². The Morgan fingerprint density at radius 3 is 2.24 bits per heavy atom. The number of carbonyl (C=O) groups is 2. The van der Waals surface area contributed by atoms with Crippen molar-refractivity contribution in [1.29, 1.82) is 0 Å². The molecule has 0 fully saturated rings. The Hall–Kier alpha value is -5.23. The highest BCUT2D eigenvalue weighted by Gasteiger charge is 2.23. The largest absolute Gasteiger partial charge is 0.507 e. The second-order valence-electron chi connectivity index (χ2n) is 12.9. The van der Waals surface area contributed by atoms with Crippen LogP contribution in [0.2, 0.25) is 0 Å². The molecular weight excluding hydrogens is 641 g/mol.